The maximum absolute atomic E-state index is 12.9. The average Bonchev–Trinajstić information content (AvgIpc) is 2.52. The fourth-order valence-electron chi connectivity index (χ4n) is 3.95. The lowest BCUT2D eigenvalue weighted by Crippen LogP contribution is -2.65. The second-order valence-corrected chi connectivity index (χ2v) is 7.14. The number of nitrogens with one attached hydrogen (secondary N) is 1. The Kier molecular flexibility index (Phi) is 3.44. The molecule has 2 amide bonds. The number of non-ortho nitro benzene ring substituents is 1. The maximum Gasteiger partial charge on any atom is 0.325 e. The number of ether oxygens (including phenoxy) is 1. The minimum absolute atomic E-state index is 0.0121. The Bertz CT molecular complexity index is 922. The lowest BCUT2D eigenvalue weighted by molar-refractivity contribution is -0.385. The number of hydrogen-bond acceptors (Lipinski definition) is 4. The number of amides is 2. The van der Waals surface area contributed by atoms with Crippen LogP contribution in [-0.2, 0) is 0 Å². The summed E-state index contributed by atoms with van der Waals surface area (Å²) in [5.41, 5.74) is 2.66. The van der Waals surface area contributed by atoms with Gasteiger partial charge in [0.1, 0.15) is 5.75 Å². The van der Waals surface area contributed by atoms with Crippen LogP contribution in [-0.4, -0.2) is 16.7 Å². The minimum atomic E-state index is -0.865. The highest BCUT2D eigenvalue weighted by Crippen LogP contribution is 2.46. The fraction of sp³-hybridized carbons (Fsp3) is 0.316. The van der Waals surface area contributed by atoms with Gasteiger partial charge in [-0.25, -0.2) is 4.79 Å². The molecule has 2 aromatic rings. The van der Waals surface area contributed by atoms with Crippen LogP contribution < -0.4 is 15.0 Å². The van der Waals surface area contributed by atoms with Crippen molar-refractivity contribution < 1.29 is 14.5 Å². The predicted octanol–water partition coefficient (Wildman–Crippen LogP) is 3.98. The summed E-state index contributed by atoms with van der Waals surface area (Å²) in [6.07, 6.45) is 0.500. The van der Waals surface area contributed by atoms with Gasteiger partial charge in [-0.05, 0) is 50.1 Å². The number of urea groups is 1. The molecule has 0 spiro atoms. The summed E-state index contributed by atoms with van der Waals surface area (Å²) < 4.78 is 6.18. The van der Waals surface area contributed by atoms with Gasteiger partial charge in [0.05, 0.1) is 11.0 Å². The van der Waals surface area contributed by atoms with Gasteiger partial charge in [0, 0.05) is 29.8 Å². The minimum Gasteiger partial charge on any atom is -0.467 e. The highest BCUT2D eigenvalue weighted by Gasteiger charge is 2.50. The molecule has 2 aromatic carbocycles. The summed E-state index contributed by atoms with van der Waals surface area (Å²) in [6, 6.07) is 9.86. The van der Waals surface area contributed by atoms with E-state index in [9.17, 15) is 14.9 Å². The summed E-state index contributed by atoms with van der Waals surface area (Å²) in [4.78, 5) is 25.1. The Balaban J connectivity index is 1.79. The van der Waals surface area contributed by atoms with E-state index >= 15 is 0 Å². The Morgan fingerprint density at radius 1 is 1.23 bits per heavy atom. The van der Waals surface area contributed by atoms with Crippen LogP contribution >= 0.6 is 0 Å². The lowest BCUT2D eigenvalue weighted by Gasteiger charge is -2.50. The number of nitro groups is 1. The molecule has 26 heavy (non-hydrogen) atoms. The van der Waals surface area contributed by atoms with Crippen LogP contribution in [0.2, 0.25) is 0 Å². The second-order valence-electron chi connectivity index (χ2n) is 7.14. The van der Waals surface area contributed by atoms with Crippen LogP contribution in [0.5, 0.6) is 5.75 Å². The van der Waals surface area contributed by atoms with E-state index in [1.807, 2.05) is 39.0 Å². The summed E-state index contributed by atoms with van der Waals surface area (Å²) >= 11 is 0. The monoisotopic (exact) mass is 353 g/mol. The standard InChI is InChI=1S/C19H19N3O4/c1-11-6-12(2)8-14(7-11)21-18(23)20-16-10-19(21,3)26-17-5-4-13(22(24)25)9-15(16)17/h4-9,16H,10H2,1-3H3,(H,20,23)/t16-,19+/m1/s1. The highest BCUT2D eigenvalue weighted by molar-refractivity contribution is 5.95. The largest absolute Gasteiger partial charge is 0.467 e. The normalized spacial score (nSPS) is 23.7. The summed E-state index contributed by atoms with van der Waals surface area (Å²) in [7, 11) is 0. The number of carbonyl (C=O) groups excluding carboxylic acids is 1. The van der Waals surface area contributed by atoms with Crippen molar-refractivity contribution in [3.8, 4) is 5.75 Å². The van der Waals surface area contributed by atoms with E-state index in [0.29, 0.717) is 17.7 Å². The van der Waals surface area contributed by atoms with E-state index < -0.39 is 10.6 Å². The van der Waals surface area contributed by atoms with Gasteiger partial charge in [-0.1, -0.05) is 6.07 Å². The molecule has 7 nitrogen and oxygen atoms in total. The highest BCUT2D eigenvalue weighted by atomic mass is 16.6. The van der Waals surface area contributed by atoms with Crippen LogP contribution in [0, 0.1) is 24.0 Å². The molecule has 4 rings (SSSR count). The van der Waals surface area contributed by atoms with Crippen LogP contribution in [0.3, 0.4) is 0 Å². The molecule has 1 N–H and O–H groups in total. The third kappa shape index (κ3) is 2.47. The van der Waals surface area contributed by atoms with Crippen LogP contribution in [0.1, 0.15) is 36.1 Å². The first-order chi connectivity index (χ1) is 12.3. The molecule has 2 aliphatic heterocycles. The average molecular weight is 353 g/mol. The number of carbonyl (C=O) groups is 1. The number of benzene rings is 2. The molecule has 7 heteroatoms. The zero-order valence-electron chi connectivity index (χ0n) is 14.8. The first-order valence-corrected chi connectivity index (χ1v) is 8.43. The molecule has 0 radical (unpaired) electrons. The fourth-order valence-corrected chi connectivity index (χ4v) is 3.95. The molecular weight excluding hydrogens is 334 g/mol. The number of anilines is 1. The molecule has 134 valence electrons. The van der Waals surface area contributed by atoms with Gasteiger partial charge in [-0.15, -0.1) is 0 Å². The molecule has 2 aliphatic rings. The Hall–Kier alpha value is -3.09. The van der Waals surface area contributed by atoms with Gasteiger partial charge < -0.3 is 10.1 Å². The first-order valence-electron chi connectivity index (χ1n) is 8.43. The topological polar surface area (TPSA) is 84.7 Å². The number of fused-ring (bicyclic) bond motifs is 4. The first kappa shape index (κ1) is 16.4. The van der Waals surface area contributed by atoms with Gasteiger partial charge in [-0.3, -0.25) is 15.0 Å². The van der Waals surface area contributed by atoms with Gasteiger partial charge in [0.15, 0.2) is 5.72 Å². The van der Waals surface area contributed by atoms with Gasteiger partial charge in [-0.2, -0.15) is 0 Å². The summed E-state index contributed by atoms with van der Waals surface area (Å²) in [5, 5.41) is 14.0. The van der Waals surface area contributed by atoms with Crippen molar-refractivity contribution in [1.29, 1.82) is 0 Å². The Morgan fingerprint density at radius 3 is 2.58 bits per heavy atom. The number of aryl methyl sites for hydroxylation is 2. The SMILES string of the molecule is Cc1cc(C)cc(N2C(=O)N[C@@H]3C[C@]2(C)Oc2ccc([N+](=O)[O-])cc23)c1. The molecule has 0 unspecified atom stereocenters. The summed E-state index contributed by atoms with van der Waals surface area (Å²) in [6.45, 7) is 5.85. The smallest absolute Gasteiger partial charge is 0.325 e. The van der Waals surface area contributed by atoms with E-state index in [2.05, 4.69) is 5.32 Å². The molecule has 0 saturated carbocycles. The van der Waals surface area contributed by atoms with Crippen LogP contribution in [0.25, 0.3) is 0 Å². The van der Waals surface area contributed by atoms with E-state index in [1.165, 1.54) is 12.1 Å². The van der Waals surface area contributed by atoms with Crippen molar-refractivity contribution in [3.05, 3.63) is 63.2 Å². The quantitative estimate of drug-likeness (QED) is 0.654. The molecule has 2 bridgehead atoms. The lowest BCUT2D eigenvalue weighted by atomic mass is 9.89. The van der Waals surface area contributed by atoms with Gasteiger partial charge >= 0.3 is 6.03 Å². The van der Waals surface area contributed by atoms with Crippen molar-refractivity contribution >= 4 is 17.4 Å². The van der Waals surface area contributed by atoms with Crippen molar-refractivity contribution in [2.24, 2.45) is 0 Å². The maximum atomic E-state index is 12.9. The number of nitrogens with zero attached hydrogens (tertiary/aromatic N) is 2. The molecule has 0 aliphatic carbocycles. The van der Waals surface area contributed by atoms with E-state index in [-0.39, 0.29) is 17.8 Å². The molecule has 1 saturated heterocycles. The van der Waals surface area contributed by atoms with Crippen LogP contribution in [0.4, 0.5) is 16.2 Å². The number of rotatable bonds is 2. The third-order valence-corrected chi connectivity index (χ3v) is 4.93. The molecular formula is C19H19N3O4. The van der Waals surface area contributed by atoms with Crippen LogP contribution in [0.15, 0.2) is 36.4 Å². The number of nitro benzene ring substituents is 1. The van der Waals surface area contributed by atoms with E-state index in [1.54, 1.807) is 11.0 Å². The molecule has 0 aromatic heterocycles. The van der Waals surface area contributed by atoms with Crippen molar-refractivity contribution in [2.45, 2.75) is 39.0 Å². The molecule has 2 heterocycles. The van der Waals surface area contributed by atoms with Crippen molar-refractivity contribution in [3.63, 3.8) is 0 Å². The zero-order valence-corrected chi connectivity index (χ0v) is 14.8. The molecule has 1 fully saturated rings. The van der Waals surface area contributed by atoms with Crippen molar-refractivity contribution in [2.75, 3.05) is 4.90 Å². The zero-order chi connectivity index (χ0) is 18.6. The van der Waals surface area contributed by atoms with E-state index in [4.69, 9.17) is 4.74 Å². The Labute approximate surface area is 150 Å². The third-order valence-electron chi connectivity index (χ3n) is 4.93. The van der Waals surface area contributed by atoms with Gasteiger partial charge in [0.2, 0.25) is 0 Å². The number of hydrogen-bond donors (Lipinski definition) is 1. The summed E-state index contributed by atoms with van der Waals surface area (Å²) in [5.74, 6) is 0.559. The second kappa shape index (κ2) is 5.45. The van der Waals surface area contributed by atoms with Gasteiger partial charge in [0.25, 0.3) is 5.69 Å². The molecule has 2 atom stereocenters. The predicted molar refractivity (Wildman–Crippen MR) is 96.4 cm³/mol. The Morgan fingerprint density at radius 2 is 1.92 bits per heavy atom. The van der Waals surface area contributed by atoms with E-state index in [0.717, 1.165) is 16.8 Å². The van der Waals surface area contributed by atoms with Crippen molar-refractivity contribution in [1.82, 2.24) is 5.32 Å².